The van der Waals surface area contributed by atoms with E-state index in [1.54, 1.807) is 12.1 Å². The number of benzene rings is 1. The first-order valence-electron chi connectivity index (χ1n) is 14.4. The molecule has 0 saturated carbocycles. The molecule has 7 nitrogen and oxygen atoms in total. The van der Waals surface area contributed by atoms with E-state index in [1.807, 2.05) is 11.6 Å². The summed E-state index contributed by atoms with van der Waals surface area (Å²) in [6.07, 6.45) is 7.01. The van der Waals surface area contributed by atoms with Crippen molar-refractivity contribution in [3.8, 4) is 5.69 Å². The summed E-state index contributed by atoms with van der Waals surface area (Å²) in [7, 11) is 0. The van der Waals surface area contributed by atoms with Crippen LogP contribution in [0.4, 0.5) is 10.2 Å². The first kappa shape index (κ1) is 28.0. The average Bonchev–Trinajstić information content (AvgIpc) is 3.08. The van der Waals surface area contributed by atoms with E-state index >= 15 is 0 Å². The molecule has 206 valence electrons. The molecule has 0 radical (unpaired) electrons. The normalized spacial score (nSPS) is 16.1. The maximum atomic E-state index is 13.7. The van der Waals surface area contributed by atoms with Gasteiger partial charge < -0.3 is 9.80 Å². The van der Waals surface area contributed by atoms with E-state index < -0.39 is 0 Å². The molecule has 0 aliphatic carbocycles. The Morgan fingerprint density at radius 3 is 2.45 bits per heavy atom. The fourth-order valence-electron chi connectivity index (χ4n) is 5.51. The number of amides is 1. The van der Waals surface area contributed by atoms with Crippen LogP contribution in [0.5, 0.6) is 0 Å². The number of hydrogen-bond donors (Lipinski definition) is 0. The summed E-state index contributed by atoms with van der Waals surface area (Å²) in [5.41, 5.74) is 2.37. The first-order chi connectivity index (χ1) is 18.4. The van der Waals surface area contributed by atoms with Crippen molar-refractivity contribution < 1.29 is 9.18 Å². The van der Waals surface area contributed by atoms with Crippen LogP contribution in [0.15, 0.2) is 24.3 Å². The second kappa shape index (κ2) is 12.7. The molecule has 0 bridgehead atoms. The highest BCUT2D eigenvalue weighted by Gasteiger charge is 2.28. The zero-order chi connectivity index (χ0) is 27.2. The van der Waals surface area contributed by atoms with Crippen LogP contribution in [0, 0.1) is 18.7 Å². The lowest BCUT2D eigenvalue weighted by molar-refractivity contribution is -0.135. The molecule has 2 atom stereocenters. The van der Waals surface area contributed by atoms with E-state index in [0.29, 0.717) is 12.5 Å². The number of anilines is 1. The van der Waals surface area contributed by atoms with Crippen molar-refractivity contribution in [1.82, 2.24) is 24.6 Å². The van der Waals surface area contributed by atoms with Crippen molar-refractivity contribution in [3.63, 3.8) is 0 Å². The van der Waals surface area contributed by atoms with Gasteiger partial charge in [-0.3, -0.25) is 4.79 Å². The minimum absolute atomic E-state index is 0.116. The van der Waals surface area contributed by atoms with E-state index in [1.165, 1.54) is 12.1 Å². The molecule has 3 heterocycles. The fourth-order valence-corrected chi connectivity index (χ4v) is 5.51. The van der Waals surface area contributed by atoms with E-state index in [4.69, 9.17) is 15.1 Å². The molecule has 1 saturated heterocycles. The number of aromatic nitrogens is 4. The number of unbranched alkanes of at least 4 members (excludes halogenated alkanes) is 1. The molecule has 1 aromatic carbocycles. The Hall–Kier alpha value is -3.03. The summed E-state index contributed by atoms with van der Waals surface area (Å²) in [5.74, 6) is 2.04. The van der Waals surface area contributed by atoms with E-state index in [2.05, 4.69) is 37.5 Å². The van der Waals surface area contributed by atoms with E-state index in [0.717, 1.165) is 98.6 Å². The average molecular weight is 523 g/mol. The molecule has 1 fully saturated rings. The molecule has 1 amide bonds. The van der Waals surface area contributed by atoms with Crippen LogP contribution < -0.4 is 4.90 Å². The molecular weight excluding hydrogens is 479 g/mol. The maximum Gasteiger partial charge on any atom is 0.225 e. The van der Waals surface area contributed by atoms with Gasteiger partial charge >= 0.3 is 0 Å². The number of fused-ring (bicyclic) bond motifs is 1. The summed E-state index contributed by atoms with van der Waals surface area (Å²) in [4.78, 5) is 27.9. The van der Waals surface area contributed by atoms with Gasteiger partial charge in [-0.15, -0.1) is 0 Å². The van der Waals surface area contributed by atoms with Crippen molar-refractivity contribution in [2.24, 2.45) is 5.92 Å². The highest BCUT2D eigenvalue weighted by Crippen LogP contribution is 2.32. The van der Waals surface area contributed by atoms with Crippen molar-refractivity contribution in [1.29, 1.82) is 0 Å². The Labute approximate surface area is 226 Å². The number of carbonyl (C=O) groups excluding carboxylic acids is 1. The number of aryl methyl sites for hydroxylation is 1. The second-order valence-electron chi connectivity index (χ2n) is 10.7. The lowest BCUT2D eigenvalue weighted by Crippen LogP contribution is -2.39. The zero-order valence-electron chi connectivity index (χ0n) is 23.7. The molecule has 0 N–H and O–H groups in total. The largest absolute Gasteiger partial charge is 0.354 e. The Morgan fingerprint density at radius 2 is 1.76 bits per heavy atom. The van der Waals surface area contributed by atoms with Crippen LogP contribution in [-0.4, -0.2) is 56.7 Å². The standard InChI is InChI=1S/C30H43FN6O/c1-6-9-12-23(8-3)30(38)36-18-10-17-35(19-20-36)28-26-22(5)34-37(25-15-13-24(31)14-16-25)29(26)33-27(32-28)21(4)11-7-2/h13-16,21,23H,6-12,17-20H2,1-5H3. The molecule has 1 aliphatic rings. The number of rotatable bonds is 10. The van der Waals surface area contributed by atoms with Crippen molar-refractivity contribution in [2.75, 3.05) is 31.1 Å². The van der Waals surface area contributed by atoms with Gasteiger partial charge in [0.2, 0.25) is 5.91 Å². The summed E-state index contributed by atoms with van der Waals surface area (Å²) in [6.45, 7) is 13.7. The SMILES string of the molecule is CCCCC(CC)C(=O)N1CCCN(c2nc(C(C)CCC)nc3c2c(C)nn3-c2ccc(F)cc2)CC1. The predicted molar refractivity (Wildman–Crippen MR) is 151 cm³/mol. The van der Waals surface area contributed by atoms with Crippen LogP contribution in [0.25, 0.3) is 16.7 Å². The quantitative estimate of drug-likeness (QED) is 0.307. The number of hydrogen-bond acceptors (Lipinski definition) is 5. The summed E-state index contributed by atoms with van der Waals surface area (Å²) in [5, 5.41) is 5.75. The Morgan fingerprint density at radius 1 is 1.00 bits per heavy atom. The molecule has 4 rings (SSSR count). The van der Waals surface area contributed by atoms with Crippen molar-refractivity contribution >= 4 is 22.8 Å². The van der Waals surface area contributed by atoms with Gasteiger partial charge in [0.05, 0.1) is 16.8 Å². The molecule has 3 aromatic rings. The fraction of sp³-hybridized carbons (Fsp3) is 0.600. The lowest BCUT2D eigenvalue weighted by atomic mass is 9.97. The summed E-state index contributed by atoms with van der Waals surface area (Å²) in [6, 6.07) is 6.36. The van der Waals surface area contributed by atoms with Gasteiger partial charge in [0.1, 0.15) is 17.5 Å². The van der Waals surface area contributed by atoms with Crippen LogP contribution in [0.3, 0.4) is 0 Å². The van der Waals surface area contributed by atoms with Gasteiger partial charge in [-0.25, -0.2) is 19.0 Å². The first-order valence-corrected chi connectivity index (χ1v) is 14.4. The van der Waals surface area contributed by atoms with Crippen LogP contribution in [0.2, 0.25) is 0 Å². The lowest BCUT2D eigenvalue weighted by Gasteiger charge is -2.26. The number of nitrogens with zero attached hydrogens (tertiary/aromatic N) is 6. The van der Waals surface area contributed by atoms with Gasteiger partial charge in [0.15, 0.2) is 5.65 Å². The van der Waals surface area contributed by atoms with Crippen LogP contribution in [-0.2, 0) is 4.79 Å². The smallest absolute Gasteiger partial charge is 0.225 e. The molecule has 0 spiro atoms. The Bertz CT molecular complexity index is 1220. The van der Waals surface area contributed by atoms with Gasteiger partial charge in [-0.05, 0) is 56.9 Å². The summed E-state index contributed by atoms with van der Waals surface area (Å²) < 4.78 is 15.5. The minimum Gasteiger partial charge on any atom is -0.354 e. The summed E-state index contributed by atoms with van der Waals surface area (Å²) >= 11 is 0. The number of carbonyl (C=O) groups is 1. The molecule has 2 unspecified atom stereocenters. The third-order valence-electron chi connectivity index (χ3n) is 7.79. The Balaban J connectivity index is 1.70. The monoisotopic (exact) mass is 522 g/mol. The highest BCUT2D eigenvalue weighted by molar-refractivity contribution is 5.91. The minimum atomic E-state index is -0.279. The zero-order valence-corrected chi connectivity index (χ0v) is 23.7. The molecule has 1 aliphatic heterocycles. The van der Waals surface area contributed by atoms with Crippen molar-refractivity contribution in [2.45, 2.75) is 85.5 Å². The predicted octanol–water partition coefficient (Wildman–Crippen LogP) is 6.42. The van der Waals surface area contributed by atoms with Crippen molar-refractivity contribution in [3.05, 3.63) is 41.6 Å². The second-order valence-corrected chi connectivity index (χ2v) is 10.7. The topological polar surface area (TPSA) is 67.2 Å². The van der Waals surface area contributed by atoms with E-state index in [9.17, 15) is 9.18 Å². The van der Waals surface area contributed by atoms with Gasteiger partial charge in [-0.1, -0.05) is 47.0 Å². The number of halogens is 1. The van der Waals surface area contributed by atoms with Gasteiger partial charge in [0.25, 0.3) is 0 Å². The highest BCUT2D eigenvalue weighted by atomic mass is 19.1. The van der Waals surface area contributed by atoms with Crippen LogP contribution >= 0.6 is 0 Å². The Kier molecular flexibility index (Phi) is 9.34. The third kappa shape index (κ3) is 6.00. The molecular formula is C30H43FN6O. The van der Waals surface area contributed by atoms with Crippen LogP contribution in [0.1, 0.15) is 90.1 Å². The van der Waals surface area contributed by atoms with E-state index in [-0.39, 0.29) is 17.7 Å². The van der Waals surface area contributed by atoms with Gasteiger partial charge in [0, 0.05) is 38.0 Å². The molecule has 38 heavy (non-hydrogen) atoms. The molecule has 2 aromatic heterocycles. The third-order valence-corrected chi connectivity index (χ3v) is 7.79. The maximum absolute atomic E-state index is 13.7. The van der Waals surface area contributed by atoms with Gasteiger partial charge in [-0.2, -0.15) is 5.10 Å². The molecule has 8 heteroatoms.